The molecule has 1 aromatic carbocycles. The van der Waals surface area contributed by atoms with Crippen LogP contribution in [0.4, 0.5) is 0 Å². The van der Waals surface area contributed by atoms with Crippen molar-refractivity contribution in [3.05, 3.63) is 35.9 Å². The van der Waals surface area contributed by atoms with Crippen molar-refractivity contribution in [3.8, 4) is 0 Å². The van der Waals surface area contributed by atoms with Gasteiger partial charge in [-0.1, -0.05) is 30.3 Å². The van der Waals surface area contributed by atoms with Crippen LogP contribution >= 0.6 is 0 Å². The molecule has 1 atom stereocenters. The third-order valence-corrected chi connectivity index (χ3v) is 5.35. The van der Waals surface area contributed by atoms with Gasteiger partial charge in [0, 0.05) is 39.2 Å². The second-order valence-corrected chi connectivity index (χ2v) is 6.68. The van der Waals surface area contributed by atoms with Crippen LogP contribution in [0.2, 0.25) is 0 Å². The lowest BCUT2D eigenvalue weighted by Crippen LogP contribution is -2.51. The van der Waals surface area contributed by atoms with Crippen molar-refractivity contribution < 1.29 is 14.3 Å². The first-order valence-corrected chi connectivity index (χ1v) is 9.16. The number of nitrogens with zero attached hydrogens (tertiary/aromatic N) is 2. The second kappa shape index (κ2) is 8.48. The number of ether oxygens (including phenoxy) is 1. The van der Waals surface area contributed by atoms with E-state index in [1.807, 2.05) is 60.9 Å². The van der Waals surface area contributed by atoms with Crippen LogP contribution in [-0.4, -0.2) is 54.9 Å². The molecule has 0 radical (unpaired) electrons. The topological polar surface area (TPSA) is 49.9 Å². The van der Waals surface area contributed by atoms with E-state index in [-0.39, 0.29) is 17.7 Å². The Morgan fingerprint density at radius 3 is 2.20 bits per heavy atom. The summed E-state index contributed by atoms with van der Waals surface area (Å²) in [4.78, 5) is 29.3. The monoisotopic (exact) mass is 346 g/mol. The number of carbonyl (C=O) groups excluding carboxylic acids is 2. The minimum absolute atomic E-state index is 0.0227. The summed E-state index contributed by atoms with van der Waals surface area (Å²) in [6, 6.07) is 9.58. The van der Waals surface area contributed by atoms with Gasteiger partial charge in [-0.25, -0.2) is 0 Å². The average Bonchev–Trinajstić information content (AvgIpc) is 2.68. The summed E-state index contributed by atoms with van der Waals surface area (Å²) in [7, 11) is 1.57. The van der Waals surface area contributed by atoms with Gasteiger partial charge in [0.05, 0.1) is 0 Å². The molecule has 1 heterocycles. The standard InChI is InChI=1S/C20H30N2O3/c1-5-21(6-2)18(23)16-12-14-22(15-13-16)19(24)20(3,25-4)17-10-8-7-9-11-17/h7-11,16H,5-6,12-15H2,1-4H3/t20-/m1/s1. The van der Waals surface area contributed by atoms with Crippen LogP contribution in [0, 0.1) is 5.92 Å². The molecule has 5 nitrogen and oxygen atoms in total. The lowest BCUT2D eigenvalue weighted by Gasteiger charge is -2.38. The molecule has 1 aliphatic rings. The highest BCUT2D eigenvalue weighted by atomic mass is 16.5. The summed E-state index contributed by atoms with van der Waals surface area (Å²) in [6.07, 6.45) is 1.44. The van der Waals surface area contributed by atoms with E-state index in [0.717, 1.165) is 31.5 Å². The number of amides is 2. The van der Waals surface area contributed by atoms with E-state index in [9.17, 15) is 9.59 Å². The van der Waals surface area contributed by atoms with Crippen molar-refractivity contribution in [2.24, 2.45) is 5.92 Å². The van der Waals surface area contributed by atoms with Gasteiger partial charge in [0.25, 0.3) is 5.91 Å². The molecule has 1 aliphatic heterocycles. The van der Waals surface area contributed by atoms with Crippen molar-refractivity contribution >= 4 is 11.8 Å². The third kappa shape index (κ3) is 4.03. The minimum Gasteiger partial charge on any atom is -0.364 e. The van der Waals surface area contributed by atoms with Gasteiger partial charge in [0.2, 0.25) is 5.91 Å². The Balaban J connectivity index is 2.04. The maximum absolute atomic E-state index is 13.1. The molecule has 2 amide bonds. The molecule has 1 fully saturated rings. The quantitative estimate of drug-likeness (QED) is 0.796. The number of piperidine rings is 1. The Labute approximate surface area is 150 Å². The van der Waals surface area contributed by atoms with Crippen molar-refractivity contribution in [3.63, 3.8) is 0 Å². The number of methoxy groups -OCH3 is 1. The highest BCUT2D eigenvalue weighted by molar-refractivity contribution is 5.87. The predicted molar refractivity (Wildman–Crippen MR) is 98.0 cm³/mol. The Bertz CT molecular complexity index is 578. The number of rotatable bonds is 6. The first-order chi connectivity index (χ1) is 12.0. The summed E-state index contributed by atoms with van der Waals surface area (Å²) >= 11 is 0. The Kier molecular flexibility index (Phi) is 6.59. The molecule has 25 heavy (non-hydrogen) atoms. The molecule has 138 valence electrons. The van der Waals surface area contributed by atoms with Crippen molar-refractivity contribution in [2.75, 3.05) is 33.3 Å². The van der Waals surface area contributed by atoms with Gasteiger partial charge < -0.3 is 14.5 Å². The van der Waals surface area contributed by atoms with E-state index >= 15 is 0 Å². The largest absolute Gasteiger partial charge is 0.364 e. The molecule has 0 unspecified atom stereocenters. The molecule has 1 saturated heterocycles. The first kappa shape index (κ1) is 19.4. The number of likely N-dealkylation sites (tertiary alicyclic amines) is 1. The zero-order valence-electron chi connectivity index (χ0n) is 15.8. The molecule has 0 aliphatic carbocycles. The summed E-state index contributed by atoms with van der Waals surface area (Å²) in [6.45, 7) is 8.50. The fourth-order valence-corrected chi connectivity index (χ4v) is 3.51. The van der Waals surface area contributed by atoms with Crippen LogP contribution in [-0.2, 0) is 19.9 Å². The molecule has 0 saturated carbocycles. The lowest BCUT2D eigenvalue weighted by molar-refractivity contribution is -0.157. The summed E-state index contributed by atoms with van der Waals surface area (Å²) in [5.74, 6) is 0.207. The van der Waals surface area contributed by atoms with Crippen molar-refractivity contribution in [2.45, 2.75) is 39.2 Å². The van der Waals surface area contributed by atoms with E-state index < -0.39 is 5.60 Å². The normalized spacial score (nSPS) is 17.8. The van der Waals surface area contributed by atoms with Crippen LogP contribution in [0.25, 0.3) is 0 Å². The molecule has 5 heteroatoms. The zero-order chi connectivity index (χ0) is 18.4. The zero-order valence-corrected chi connectivity index (χ0v) is 15.8. The van der Waals surface area contributed by atoms with Gasteiger partial charge in [-0.05, 0) is 39.2 Å². The van der Waals surface area contributed by atoms with Gasteiger partial charge in [0.1, 0.15) is 0 Å². The number of benzene rings is 1. The molecular weight excluding hydrogens is 316 g/mol. The number of hydrogen-bond acceptors (Lipinski definition) is 3. The molecule has 0 aromatic heterocycles. The van der Waals surface area contributed by atoms with Crippen LogP contribution in [0.1, 0.15) is 39.2 Å². The maximum Gasteiger partial charge on any atom is 0.259 e. The van der Waals surface area contributed by atoms with Crippen LogP contribution in [0.15, 0.2) is 30.3 Å². The van der Waals surface area contributed by atoms with Gasteiger partial charge >= 0.3 is 0 Å². The number of carbonyl (C=O) groups is 2. The molecule has 1 aromatic rings. The van der Waals surface area contributed by atoms with Crippen molar-refractivity contribution in [1.82, 2.24) is 9.80 Å². The van der Waals surface area contributed by atoms with Gasteiger partial charge in [-0.3, -0.25) is 9.59 Å². The predicted octanol–water partition coefficient (Wildman–Crippen LogP) is 2.66. The highest BCUT2D eigenvalue weighted by Gasteiger charge is 2.40. The lowest BCUT2D eigenvalue weighted by atomic mass is 9.90. The molecule has 0 spiro atoms. The van der Waals surface area contributed by atoms with Crippen LogP contribution in [0.3, 0.4) is 0 Å². The maximum atomic E-state index is 13.1. The average molecular weight is 346 g/mol. The van der Waals surface area contributed by atoms with Crippen LogP contribution < -0.4 is 0 Å². The summed E-state index contributed by atoms with van der Waals surface area (Å²) in [5.41, 5.74) is -0.138. The van der Waals surface area contributed by atoms with E-state index in [1.54, 1.807) is 7.11 Å². The fraction of sp³-hybridized carbons (Fsp3) is 0.600. The summed E-state index contributed by atoms with van der Waals surface area (Å²) < 4.78 is 5.62. The van der Waals surface area contributed by atoms with Gasteiger partial charge in [-0.2, -0.15) is 0 Å². The molecule has 2 rings (SSSR count). The van der Waals surface area contributed by atoms with E-state index in [4.69, 9.17) is 4.74 Å². The van der Waals surface area contributed by atoms with E-state index in [1.165, 1.54) is 0 Å². The van der Waals surface area contributed by atoms with Gasteiger partial charge in [-0.15, -0.1) is 0 Å². The SMILES string of the molecule is CCN(CC)C(=O)C1CCN(C(=O)[C@](C)(OC)c2ccccc2)CC1. The van der Waals surface area contributed by atoms with Crippen molar-refractivity contribution in [1.29, 1.82) is 0 Å². The Hall–Kier alpha value is -1.88. The molecule has 0 N–H and O–H groups in total. The smallest absolute Gasteiger partial charge is 0.259 e. The first-order valence-electron chi connectivity index (χ1n) is 9.16. The summed E-state index contributed by atoms with van der Waals surface area (Å²) in [5, 5.41) is 0. The molecular formula is C20H30N2O3. The minimum atomic E-state index is -0.989. The number of hydrogen-bond donors (Lipinski definition) is 0. The van der Waals surface area contributed by atoms with E-state index in [2.05, 4.69) is 0 Å². The van der Waals surface area contributed by atoms with E-state index in [0.29, 0.717) is 13.1 Å². The highest BCUT2D eigenvalue weighted by Crippen LogP contribution is 2.29. The van der Waals surface area contributed by atoms with Gasteiger partial charge in [0.15, 0.2) is 5.60 Å². The fourth-order valence-electron chi connectivity index (χ4n) is 3.51. The Morgan fingerprint density at radius 2 is 1.72 bits per heavy atom. The molecule has 0 bridgehead atoms. The van der Waals surface area contributed by atoms with Crippen LogP contribution in [0.5, 0.6) is 0 Å². The second-order valence-electron chi connectivity index (χ2n) is 6.68. The third-order valence-electron chi connectivity index (χ3n) is 5.35. The Morgan fingerprint density at radius 1 is 1.16 bits per heavy atom.